The van der Waals surface area contributed by atoms with Gasteiger partial charge in [-0.25, -0.2) is 9.37 Å². The van der Waals surface area contributed by atoms with Crippen LogP contribution < -0.4 is 16.2 Å². The fraction of sp³-hybridized carbons (Fsp3) is 0.381. The minimum absolute atomic E-state index is 0.0296. The lowest BCUT2D eigenvalue weighted by atomic mass is 9.99. The molecule has 0 radical (unpaired) electrons. The fourth-order valence-corrected chi connectivity index (χ4v) is 5.41. The Hall–Kier alpha value is -3.50. The van der Waals surface area contributed by atoms with Crippen LogP contribution in [0.3, 0.4) is 0 Å². The van der Waals surface area contributed by atoms with E-state index < -0.39 is 58.6 Å². The molecule has 16 heteroatoms. The first-order valence-corrected chi connectivity index (χ1v) is 12.8. The van der Waals surface area contributed by atoms with Crippen molar-refractivity contribution in [3.63, 3.8) is 0 Å². The van der Waals surface area contributed by atoms with Crippen LogP contribution >= 0.6 is 10.6 Å². The quantitative estimate of drug-likeness (QED) is 0.347. The van der Waals surface area contributed by atoms with Crippen LogP contribution in [0, 0.1) is 5.82 Å². The first-order valence-electron chi connectivity index (χ1n) is 10.9. The number of pyridine rings is 1. The third-order valence-corrected chi connectivity index (χ3v) is 7.50. The van der Waals surface area contributed by atoms with E-state index in [0.717, 1.165) is 23.0 Å². The van der Waals surface area contributed by atoms with Crippen molar-refractivity contribution >= 4 is 33.9 Å². The Balaban J connectivity index is 1.69. The van der Waals surface area contributed by atoms with Crippen LogP contribution in [0.25, 0.3) is 5.65 Å². The fourth-order valence-electron chi connectivity index (χ4n) is 3.88. The summed E-state index contributed by atoms with van der Waals surface area (Å²) in [6.07, 6.45) is -2.12. The van der Waals surface area contributed by atoms with Crippen molar-refractivity contribution in [1.82, 2.24) is 24.5 Å². The molecule has 0 spiro atoms. The van der Waals surface area contributed by atoms with Crippen LogP contribution in [0.1, 0.15) is 34.8 Å². The van der Waals surface area contributed by atoms with Crippen LogP contribution in [-0.2, 0) is 11.3 Å². The topological polar surface area (TPSA) is 151 Å². The van der Waals surface area contributed by atoms with Crippen molar-refractivity contribution in [2.24, 2.45) is 0 Å². The lowest BCUT2D eigenvalue weighted by Gasteiger charge is -2.38. The molecule has 4 heterocycles. The van der Waals surface area contributed by atoms with Crippen molar-refractivity contribution in [2.75, 3.05) is 23.4 Å². The smallest absolute Gasteiger partial charge is 0.343 e. The predicted octanol–water partition coefficient (Wildman–Crippen LogP) is 2.59. The SMILES string of the molecule is O=C(Cn1cc(C(=O)NCC(F)(F)F)c(=O)n2nc(C3CCS(O)(O)CC3)cc12)Nc1ccc(F)cn1. The molecule has 0 atom stereocenters. The summed E-state index contributed by atoms with van der Waals surface area (Å²) >= 11 is 0. The summed E-state index contributed by atoms with van der Waals surface area (Å²) in [4.78, 5) is 41.8. The van der Waals surface area contributed by atoms with E-state index in [0.29, 0.717) is 18.5 Å². The van der Waals surface area contributed by atoms with E-state index in [1.54, 1.807) is 5.32 Å². The molecule has 2 amide bonds. The normalized spacial score (nSPS) is 16.9. The van der Waals surface area contributed by atoms with Gasteiger partial charge in [-0.15, -0.1) is 0 Å². The van der Waals surface area contributed by atoms with Crippen molar-refractivity contribution in [3.8, 4) is 0 Å². The van der Waals surface area contributed by atoms with Gasteiger partial charge in [0.2, 0.25) is 5.91 Å². The number of hydrogen-bond acceptors (Lipinski definition) is 7. The van der Waals surface area contributed by atoms with Gasteiger partial charge in [0.15, 0.2) is 0 Å². The van der Waals surface area contributed by atoms with Gasteiger partial charge in [-0.1, -0.05) is 0 Å². The molecule has 1 saturated heterocycles. The summed E-state index contributed by atoms with van der Waals surface area (Å²) in [5.41, 5.74) is -1.17. The number of rotatable bonds is 6. The highest BCUT2D eigenvalue weighted by Gasteiger charge is 2.30. The summed E-state index contributed by atoms with van der Waals surface area (Å²) in [7, 11) is -2.68. The van der Waals surface area contributed by atoms with E-state index in [4.69, 9.17) is 0 Å². The molecular formula is C21H22F4N6O5S. The van der Waals surface area contributed by atoms with Crippen LogP contribution in [0.15, 0.2) is 35.4 Å². The molecule has 1 aliphatic heterocycles. The van der Waals surface area contributed by atoms with Crippen LogP contribution in [0.4, 0.5) is 23.4 Å². The van der Waals surface area contributed by atoms with E-state index in [2.05, 4.69) is 15.4 Å². The van der Waals surface area contributed by atoms with Crippen molar-refractivity contribution in [2.45, 2.75) is 31.5 Å². The van der Waals surface area contributed by atoms with Crippen molar-refractivity contribution < 1.29 is 36.3 Å². The van der Waals surface area contributed by atoms with Gasteiger partial charge < -0.3 is 15.2 Å². The minimum Gasteiger partial charge on any atom is -0.343 e. The lowest BCUT2D eigenvalue weighted by Crippen LogP contribution is -2.38. The molecular weight excluding hydrogens is 524 g/mol. The zero-order chi connectivity index (χ0) is 27.0. The summed E-state index contributed by atoms with van der Waals surface area (Å²) in [5.74, 6) is -2.52. The molecule has 0 saturated carbocycles. The molecule has 0 aliphatic carbocycles. The third-order valence-electron chi connectivity index (χ3n) is 5.72. The Morgan fingerprint density at radius 1 is 1.19 bits per heavy atom. The Bertz CT molecular complexity index is 1380. The number of halogens is 4. The van der Waals surface area contributed by atoms with Crippen LogP contribution in [0.2, 0.25) is 0 Å². The summed E-state index contributed by atoms with van der Waals surface area (Å²) < 4.78 is 72.6. The van der Waals surface area contributed by atoms with Gasteiger partial charge in [0.25, 0.3) is 11.5 Å². The molecule has 4 N–H and O–H groups in total. The molecule has 200 valence electrons. The maximum Gasteiger partial charge on any atom is 0.405 e. The number of hydrogen-bond donors (Lipinski definition) is 4. The monoisotopic (exact) mass is 546 g/mol. The van der Waals surface area contributed by atoms with Crippen molar-refractivity contribution in [1.29, 1.82) is 0 Å². The van der Waals surface area contributed by atoms with E-state index >= 15 is 0 Å². The first-order chi connectivity index (χ1) is 17.3. The lowest BCUT2D eigenvalue weighted by molar-refractivity contribution is -0.123. The average Bonchev–Trinajstić information content (AvgIpc) is 3.26. The number of fused-ring (bicyclic) bond motifs is 1. The van der Waals surface area contributed by atoms with Gasteiger partial charge in [0.05, 0.1) is 11.9 Å². The molecule has 3 aromatic heterocycles. The molecule has 0 unspecified atom stereocenters. The predicted molar refractivity (Wildman–Crippen MR) is 125 cm³/mol. The number of nitrogens with one attached hydrogen (secondary N) is 2. The van der Waals surface area contributed by atoms with Gasteiger partial charge in [-0.05, 0) is 25.0 Å². The third kappa shape index (κ3) is 6.44. The highest BCUT2D eigenvalue weighted by Crippen LogP contribution is 2.48. The molecule has 3 aromatic rings. The molecule has 11 nitrogen and oxygen atoms in total. The second-order valence-electron chi connectivity index (χ2n) is 8.51. The number of anilines is 1. The van der Waals surface area contributed by atoms with Crippen LogP contribution in [-0.4, -0.2) is 64.3 Å². The Morgan fingerprint density at radius 3 is 2.51 bits per heavy atom. The number of carbonyl (C=O) groups excluding carboxylic acids is 2. The highest BCUT2D eigenvalue weighted by molar-refractivity contribution is 8.24. The number of nitrogens with zero attached hydrogens (tertiary/aromatic N) is 4. The first kappa shape index (κ1) is 26.6. The summed E-state index contributed by atoms with van der Waals surface area (Å²) in [6, 6.07) is 3.80. The Labute approximate surface area is 207 Å². The number of aromatic nitrogens is 4. The van der Waals surface area contributed by atoms with E-state index in [1.165, 1.54) is 16.7 Å². The number of alkyl halides is 3. The molecule has 0 aromatic carbocycles. The number of amides is 2. The van der Waals surface area contributed by atoms with Crippen molar-refractivity contribution in [3.05, 3.63) is 58.0 Å². The van der Waals surface area contributed by atoms with E-state index in [1.807, 2.05) is 0 Å². The standard InChI is InChI=1S/C21H22F4N6O5S/c22-13-1-2-16(26-8-13)28-17(32)10-30-9-14(19(33)27-11-21(23,24)25)20(34)31-18(30)7-15(29-31)12-3-5-37(35,36)6-4-12/h1-2,7-9,12,35-36H,3-6,10-11H2,(H,27,33)(H,26,28,32). The minimum atomic E-state index is -4.71. The molecule has 0 bridgehead atoms. The van der Waals surface area contributed by atoms with Gasteiger partial charge in [-0.2, -0.15) is 33.4 Å². The van der Waals surface area contributed by atoms with Gasteiger partial charge in [0, 0.05) is 29.7 Å². The molecule has 4 rings (SSSR count). The molecule has 37 heavy (non-hydrogen) atoms. The second-order valence-corrected chi connectivity index (χ2v) is 10.9. The van der Waals surface area contributed by atoms with Gasteiger partial charge >= 0.3 is 6.18 Å². The highest BCUT2D eigenvalue weighted by atomic mass is 32.3. The zero-order valence-electron chi connectivity index (χ0n) is 19.0. The maximum atomic E-state index is 13.1. The summed E-state index contributed by atoms with van der Waals surface area (Å²) in [5, 5.41) is 8.29. The zero-order valence-corrected chi connectivity index (χ0v) is 19.9. The van der Waals surface area contributed by atoms with E-state index in [-0.39, 0.29) is 28.9 Å². The summed E-state index contributed by atoms with van der Waals surface area (Å²) in [6.45, 7) is -2.16. The number of carbonyl (C=O) groups is 2. The molecule has 1 aliphatic rings. The Kier molecular flexibility index (Phi) is 7.25. The van der Waals surface area contributed by atoms with E-state index in [9.17, 15) is 41.1 Å². The maximum absolute atomic E-state index is 13.1. The second kappa shape index (κ2) is 10.1. The largest absolute Gasteiger partial charge is 0.405 e. The van der Waals surface area contributed by atoms with Gasteiger partial charge in [-0.3, -0.25) is 23.5 Å². The molecule has 1 fully saturated rings. The average molecular weight is 547 g/mol. The van der Waals surface area contributed by atoms with Gasteiger partial charge in [0.1, 0.15) is 35.9 Å². The Morgan fingerprint density at radius 2 is 1.89 bits per heavy atom. The van der Waals surface area contributed by atoms with Crippen LogP contribution in [0.5, 0.6) is 0 Å².